The van der Waals surface area contributed by atoms with E-state index in [2.05, 4.69) is 20.4 Å². The van der Waals surface area contributed by atoms with Crippen molar-refractivity contribution < 1.29 is 19.2 Å². The highest BCUT2D eigenvalue weighted by molar-refractivity contribution is 5.89. The van der Waals surface area contributed by atoms with Crippen molar-refractivity contribution in [3.63, 3.8) is 0 Å². The maximum atomic E-state index is 11.2. The first kappa shape index (κ1) is 13.2. The van der Waals surface area contributed by atoms with Gasteiger partial charge in [0.1, 0.15) is 23.6 Å². The molecule has 0 aliphatic rings. The summed E-state index contributed by atoms with van der Waals surface area (Å²) in [6.45, 7) is 2.08. The van der Waals surface area contributed by atoms with Gasteiger partial charge in [-0.3, -0.25) is 0 Å². The van der Waals surface area contributed by atoms with Gasteiger partial charge in [-0.25, -0.2) is 9.78 Å². The number of anilines is 1. The Hall–Kier alpha value is -2.22. The summed E-state index contributed by atoms with van der Waals surface area (Å²) >= 11 is 0. The van der Waals surface area contributed by atoms with E-state index >= 15 is 0 Å². The van der Waals surface area contributed by atoms with E-state index in [0.29, 0.717) is 35.6 Å². The Kier molecular flexibility index (Phi) is 3.91. The van der Waals surface area contributed by atoms with E-state index in [1.54, 1.807) is 6.92 Å². The van der Waals surface area contributed by atoms with Crippen molar-refractivity contribution >= 4 is 22.9 Å². The minimum absolute atomic E-state index is 0.321. The minimum atomic E-state index is -0.974. The van der Waals surface area contributed by atoms with Gasteiger partial charge in [-0.05, 0) is 6.92 Å². The van der Waals surface area contributed by atoms with Crippen molar-refractivity contribution in [1.82, 2.24) is 15.1 Å². The van der Waals surface area contributed by atoms with E-state index < -0.39 is 12.0 Å². The number of aromatic nitrogens is 3. The number of nitrogens with zero attached hydrogens (tertiary/aromatic N) is 3. The number of methoxy groups -OCH3 is 1. The first-order valence-corrected chi connectivity index (χ1v) is 5.68. The molecule has 1 atom stereocenters. The second-order valence-corrected chi connectivity index (χ2v) is 3.99. The van der Waals surface area contributed by atoms with Crippen LogP contribution in [-0.2, 0) is 9.53 Å². The maximum Gasteiger partial charge on any atom is 0.326 e. The molecule has 0 saturated heterocycles. The molecule has 2 rings (SSSR count). The molecule has 8 heteroatoms. The van der Waals surface area contributed by atoms with Crippen LogP contribution in [0.2, 0.25) is 0 Å². The van der Waals surface area contributed by atoms with Crippen molar-refractivity contribution in [2.45, 2.75) is 19.4 Å². The number of rotatable bonds is 6. The lowest BCUT2D eigenvalue weighted by molar-refractivity contribution is -0.138. The molecule has 0 bridgehead atoms. The van der Waals surface area contributed by atoms with Crippen LogP contribution in [0.1, 0.15) is 12.1 Å². The fourth-order valence-corrected chi connectivity index (χ4v) is 1.69. The molecule has 8 nitrogen and oxygen atoms in total. The molecule has 2 N–H and O–H groups in total. The molecule has 0 spiro atoms. The lowest BCUT2D eigenvalue weighted by atomic mass is 10.2. The van der Waals surface area contributed by atoms with E-state index in [4.69, 9.17) is 14.4 Å². The van der Waals surface area contributed by atoms with Crippen LogP contribution in [0.3, 0.4) is 0 Å². The monoisotopic (exact) mass is 266 g/mol. The second-order valence-electron chi connectivity index (χ2n) is 3.99. The smallest absolute Gasteiger partial charge is 0.326 e. The number of fused-ring (bicyclic) bond motifs is 1. The Morgan fingerprint density at radius 3 is 3.05 bits per heavy atom. The number of nitrogens with one attached hydrogen (secondary N) is 1. The highest BCUT2D eigenvalue weighted by atomic mass is 16.5. The summed E-state index contributed by atoms with van der Waals surface area (Å²) in [5.74, 6) is -0.579. The van der Waals surface area contributed by atoms with Gasteiger partial charge in [0.25, 0.3) is 5.71 Å². The Morgan fingerprint density at radius 2 is 2.37 bits per heavy atom. The van der Waals surface area contributed by atoms with Crippen molar-refractivity contribution in [3.8, 4) is 0 Å². The van der Waals surface area contributed by atoms with Crippen LogP contribution in [0.25, 0.3) is 11.1 Å². The number of ether oxygens (including phenoxy) is 1. The number of aryl methyl sites for hydroxylation is 1. The Morgan fingerprint density at radius 1 is 1.58 bits per heavy atom. The molecular weight excluding hydrogens is 252 g/mol. The van der Waals surface area contributed by atoms with Gasteiger partial charge < -0.3 is 19.7 Å². The van der Waals surface area contributed by atoms with E-state index in [9.17, 15) is 4.79 Å². The largest absolute Gasteiger partial charge is 0.480 e. The summed E-state index contributed by atoms with van der Waals surface area (Å²) < 4.78 is 9.89. The average molecular weight is 266 g/mol. The molecule has 0 radical (unpaired) electrons. The molecular formula is C11H14N4O4. The summed E-state index contributed by atoms with van der Waals surface area (Å²) in [5, 5.41) is 16.4. The van der Waals surface area contributed by atoms with Crippen LogP contribution < -0.4 is 5.32 Å². The Balaban J connectivity index is 2.28. The molecule has 0 aliphatic heterocycles. The SMILES string of the molecule is COCCC(Nc1ncnc2onc(C)c12)C(=O)O. The first-order valence-electron chi connectivity index (χ1n) is 5.68. The maximum absolute atomic E-state index is 11.2. The third kappa shape index (κ3) is 2.79. The van der Waals surface area contributed by atoms with Crippen molar-refractivity contribution in [2.24, 2.45) is 0 Å². The zero-order valence-corrected chi connectivity index (χ0v) is 10.6. The van der Waals surface area contributed by atoms with Gasteiger partial charge in [0.2, 0.25) is 0 Å². The van der Waals surface area contributed by atoms with Crippen molar-refractivity contribution in [2.75, 3.05) is 19.0 Å². The van der Waals surface area contributed by atoms with Crippen molar-refractivity contribution in [1.29, 1.82) is 0 Å². The van der Waals surface area contributed by atoms with Crippen molar-refractivity contribution in [3.05, 3.63) is 12.0 Å². The average Bonchev–Trinajstić information content (AvgIpc) is 2.77. The first-order chi connectivity index (χ1) is 9.13. The number of aliphatic carboxylic acids is 1. The zero-order valence-electron chi connectivity index (χ0n) is 10.6. The molecule has 102 valence electrons. The summed E-state index contributed by atoms with van der Waals surface area (Å²) in [6.07, 6.45) is 1.62. The van der Waals surface area contributed by atoms with Crippen LogP contribution >= 0.6 is 0 Å². The quantitative estimate of drug-likeness (QED) is 0.790. The highest BCUT2D eigenvalue weighted by Crippen LogP contribution is 2.23. The lowest BCUT2D eigenvalue weighted by Crippen LogP contribution is -2.31. The van der Waals surface area contributed by atoms with E-state index in [1.165, 1.54) is 13.4 Å². The summed E-state index contributed by atoms with van der Waals surface area (Å²) in [5.41, 5.74) is 0.930. The molecule has 1 unspecified atom stereocenters. The molecule has 0 aromatic carbocycles. The minimum Gasteiger partial charge on any atom is -0.480 e. The van der Waals surface area contributed by atoms with E-state index in [1.807, 2.05) is 0 Å². The molecule has 19 heavy (non-hydrogen) atoms. The van der Waals surface area contributed by atoms with Gasteiger partial charge in [-0.15, -0.1) is 0 Å². The third-order valence-corrected chi connectivity index (χ3v) is 2.66. The number of carboxylic acid groups (broad SMARTS) is 1. The summed E-state index contributed by atoms with van der Waals surface area (Å²) in [4.78, 5) is 19.1. The predicted octanol–water partition coefficient (Wildman–Crippen LogP) is 0.828. The van der Waals surface area contributed by atoms with Gasteiger partial charge in [0.15, 0.2) is 0 Å². The topological polar surface area (TPSA) is 110 Å². The fraction of sp³-hybridized carbons (Fsp3) is 0.455. The van der Waals surface area contributed by atoms with Crippen LogP contribution in [0.15, 0.2) is 10.9 Å². The Labute approximate surface area is 108 Å². The number of hydrogen-bond acceptors (Lipinski definition) is 7. The van der Waals surface area contributed by atoms with E-state index in [-0.39, 0.29) is 0 Å². The van der Waals surface area contributed by atoms with Gasteiger partial charge in [0, 0.05) is 20.1 Å². The summed E-state index contributed by atoms with van der Waals surface area (Å²) in [6, 6.07) is -0.799. The number of hydrogen-bond donors (Lipinski definition) is 2. The molecule has 2 aromatic heterocycles. The molecule has 2 heterocycles. The highest BCUT2D eigenvalue weighted by Gasteiger charge is 2.20. The normalized spacial score (nSPS) is 12.5. The zero-order chi connectivity index (χ0) is 13.8. The van der Waals surface area contributed by atoms with Gasteiger partial charge >= 0.3 is 5.97 Å². The molecule has 0 fully saturated rings. The molecule has 0 aliphatic carbocycles. The van der Waals surface area contributed by atoms with Gasteiger partial charge in [0.05, 0.1) is 5.69 Å². The lowest BCUT2D eigenvalue weighted by Gasteiger charge is -2.14. The Bertz CT molecular complexity index is 583. The van der Waals surface area contributed by atoms with E-state index in [0.717, 1.165) is 0 Å². The number of carboxylic acids is 1. The van der Waals surface area contributed by atoms with Gasteiger partial charge in [-0.2, -0.15) is 4.98 Å². The second kappa shape index (κ2) is 5.61. The predicted molar refractivity (Wildman–Crippen MR) is 65.9 cm³/mol. The van der Waals surface area contributed by atoms with Crippen LogP contribution in [0.5, 0.6) is 0 Å². The van der Waals surface area contributed by atoms with Crippen LogP contribution in [-0.4, -0.2) is 46.0 Å². The molecule has 0 saturated carbocycles. The number of carbonyl (C=O) groups is 1. The van der Waals surface area contributed by atoms with Gasteiger partial charge in [-0.1, -0.05) is 5.16 Å². The summed E-state index contributed by atoms with van der Waals surface area (Å²) in [7, 11) is 1.52. The fourth-order valence-electron chi connectivity index (χ4n) is 1.69. The third-order valence-electron chi connectivity index (χ3n) is 2.66. The molecule has 2 aromatic rings. The van der Waals surface area contributed by atoms with Crippen LogP contribution in [0.4, 0.5) is 5.82 Å². The standard InChI is InChI=1S/C11H14N4O4/c1-6-8-9(12-5-13-10(8)19-15-6)14-7(11(16)17)3-4-18-2/h5,7H,3-4H2,1-2H3,(H,16,17)(H,12,13,14). The van der Waals surface area contributed by atoms with Crippen LogP contribution in [0, 0.1) is 6.92 Å². The molecule has 0 amide bonds.